The van der Waals surface area contributed by atoms with E-state index >= 15 is 0 Å². The molecule has 0 aromatic heterocycles. The van der Waals surface area contributed by atoms with Gasteiger partial charge in [-0.2, -0.15) is 0 Å². The van der Waals surface area contributed by atoms with Crippen molar-refractivity contribution >= 4 is 0 Å². The zero-order chi connectivity index (χ0) is 11.5. The second kappa shape index (κ2) is 4.76. The van der Waals surface area contributed by atoms with Gasteiger partial charge in [-0.05, 0) is 24.1 Å². The number of phenols is 1. The lowest BCUT2D eigenvalue weighted by Crippen LogP contribution is -2.28. The molecule has 16 heavy (non-hydrogen) atoms. The van der Waals surface area contributed by atoms with Crippen molar-refractivity contribution in [2.45, 2.75) is 19.0 Å². The number of rotatable bonds is 3. The molecule has 3 nitrogen and oxygen atoms in total. The summed E-state index contributed by atoms with van der Waals surface area (Å²) in [4.78, 5) is 0. The zero-order valence-corrected chi connectivity index (χ0v) is 8.67. The van der Waals surface area contributed by atoms with Crippen LogP contribution in [0.5, 0.6) is 5.75 Å². The van der Waals surface area contributed by atoms with Gasteiger partial charge in [-0.15, -0.1) is 0 Å². The molecule has 1 fully saturated rings. The highest BCUT2D eigenvalue weighted by molar-refractivity contribution is 5.29. The van der Waals surface area contributed by atoms with Crippen LogP contribution in [0.3, 0.4) is 0 Å². The highest BCUT2D eigenvalue weighted by Crippen LogP contribution is 2.21. The standard InChI is InChI=1S/C11H13F2NO2/c12-9-3-7(4-10(13)11(9)15)5-14-8-1-2-16-6-8/h3-4,8,14-15H,1-2,5-6H2. The van der Waals surface area contributed by atoms with Crippen molar-refractivity contribution in [3.8, 4) is 5.75 Å². The maximum absolute atomic E-state index is 13.0. The van der Waals surface area contributed by atoms with Crippen molar-refractivity contribution in [2.75, 3.05) is 13.2 Å². The topological polar surface area (TPSA) is 41.5 Å². The van der Waals surface area contributed by atoms with Gasteiger partial charge in [-0.25, -0.2) is 8.78 Å². The van der Waals surface area contributed by atoms with Gasteiger partial charge in [0.15, 0.2) is 17.4 Å². The quantitative estimate of drug-likeness (QED) is 0.826. The van der Waals surface area contributed by atoms with Gasteiger partial charge in [0.05, 0.1) is 6.61 Å². The minimum atomic E-state index is -0.931. The van der Waals surface area contributed by atoms with Gasteiger partial charge < -0.3 is 15.2 Å². The number of hydrogen-bond acceptors (Lipinski definition) is 3. The molecule has 2 rings (SSSR count). The molecule has 2 N–H and O–H groups in total. The number of aromatic hydroxyl groups is 1. The van der Waals surface area contributed by atoms with E-state index in [-0.39, 0.29) is 6.04 Å². The fraction of sp³-hybridized carbons (Fsp3) is 0.455. The van der Waals surface area contributed by atoms with E-state index in [1.807, 2.05) is 0 Å². The molecule has 1 aromatic carbocycles. The van der Waals surface area contributed by atoms with Gasteiger partial charge >= 0.3 is 0 Å². The number of ether oxygens (including phenoxy) is 1. The molecule has 0 saturated carbocycles. The Morgan fingerprint density at radius 3 is 2.62 bits per heavy atom. The Morgan fingerprint density at radius 1 is 1.38 bits per heavy atom. The van der Waals surface area contributed by atoms with Gasteiger partial charge in [0.2, 0.25) is 0 Å². The summed E-state index contributed by atoms with van der Waals surface area (Å²) < 4.78 is 31.2. The van der Waals surface area contributed by atoms with Crippen LogP contribution in [0.1, 0.15) is 12.0 Å². The summed E-state index contributed by atoms with van der Waals surface area (Å²) in [6.45, 7) is 1.71. The van der Waals surface area contributed by atoms with E-state index in [0.29, 0.717) is 18.7 Å². The summed E-state index contributed by atoms with van der Waals surface area (Å²) in [5.41, 5.74) is 0.472. The first-order valence-electron chi connectivity index (χ1n) is 5.15. The molecular weight excluding hydrogens is 216 g/mol. The van der Waals surface area contributed by atoms with Gasteiger partial charge in [0.1, 0.15) is 0 Å². The van der Waals surface area contributed by atoms with Crippen LogP contribution in [0.2, 0.25) is 0 Å². The molecule has 1 unspecified atom stereocenters. The first-order chi connectivity index (χ1) is 7.66. The summed E-state index contributed by atoms with van der Waals surface area (Å²) in [5.74, 6) is -2.79. The maximum atomic E-state index is 13.0. The number of halogens is 2. The summed E-state index contributed by atoms with van der Waals surface area (Å²) >= 11 is 0. The van der Waals surface area contributed by atoms with Gasteiger partial charge in [-0.1, -0.05) is 0 Å². The SMILES string of the molecule is Oc1c(F)cc(CNC2CCOC2)cc1F. The Balaban J connectivity index is 1.98. The fourth-order valence-electron chi connectivity index (χ4n) is 1.68. The Kier molecular flexibility index (Phi) is 3.36. The monoisotopic (exact) mass is 229 g/mol. The van der Waals surface area contributed by atoms with E-state index in [9.17, 15) is 8.78 Å². The molecule has 1 heterocycles. The Labute approximate surface area is 92.0 Å². The maximum Gasteiger partial charge on any atom is 0.187 e. The van der Waals surface area contributed by atoms with Crippen molar-refractivity contribution in [1.29, 1.82) is 0 Å². The number of hydrogen-bond donors (Lipinski definition) is 2. The third-order valence-corrected chi connectivity index (χ3v) is 2.60. The van der Waals surface area contributed by atoms with Crippen LogP contribution in [-0.4, -0.2) is 24.4 Å². The van der Waals surface area contributed by atoms with E-state index in [2.05, 4.69) is 5.32 Å². The van der Waals surface area contributed by atoms with E-state index in [0.717, 1.165) is 25.2 Å². The van der Waals surface area contributed by atoms with Crippen molar-refractivity contribution in [1.82, 2.24) is 5.32 Å². The lowest BCUT2D eigenvalue weighted by atomic mass is 10.1. The molecule has 0 spiro atoms. The first-order valence-corrected chi connectivity index (χ1v) is 5.15. The van der Waals surface area contributed by atoms with Gasteiger partial charge in [0, 0.05) is 19.2 Å². The van der Waals surface area contributed by atoms with Crippen LogP contribution in [0.25, 0.3) is 0 Å². The predicted molar refractivity (Wildman–Crippen MR) is 54.1 cm³/mol. The molecule has 1 saturated heterocycles. The number of nitrogens with one attached hydrogen (secondary N) is 1. The van der Waals surface area contributed by atoms with E-state index < -0.39 is 17.4 Å². The largest absolute Gasteiger partial charge is 0.503 e. The van der Waals surface area contributed by atoms with Crippen LogP contribution in [0.15, 0.2) is 12.1 Å². The predicted octanol–water partition coefficient (Wildman–Crippen LogP) is 1.55. The Bertz CT molecular complexity index is 355. The average molecular weight is 229 g/mol. The number of benzene rings is 1. The van der Waals surface area contributed by atoms with Crippen molar-refractivity contribution < 1.29 is 18.6 Å². The number of phenolic OH excluding ortho intramolecular Hbond substituents is 1. The van der Waals surface area contributed by atoms with E-state index in [4.69, 9.17) is 9.84 Å². The van der Waals surface area contributed by atoms with Crippen molar-refractivity contribution in [3.63, 3.8) is 0 Å². The molecule has 1 aromatic rings. The normalized spacial score (nSPS) is 20.2. The second-order valence-electron chi connectivity index (χ2n) is 3.85. The fourth-order valence-corrected chi connectivity index (χ4v) is 1.68. The molecule has 1 atom stereocenters. The molecule has 1 aliphatic rings. The van der Waals surface area contributed by atoms with Crippen molar-refractivity contribution in [3.05, 3.63) is 29.3 Å². The minimum Gasteiger partial charge on any atom is -0.503 e. The molecule has 0 bridgehead atoms. The summed E-state index contributed by atoms with van der Waals surface area (Å²) in [6.07, 6.45) is 0.906. The third-order valence-electron chi connectivity index (χ3n) is 2.60. The first kappa shape index (κ1) is 11.3. The van der Waals surface area contributed by atoms with Crippen LogP contribution in [0.4, 0.5) is 8.78 Å². The summed E-state index contributed by atoms with van der Waals surface area (Å²) in [6, 6.07) is 2.49. The van der Waals surface area contributed by atoms with Crippen LogP contribution in [-0.2, 0) is 11.3 Å². The highest BCUT2D eigenvalue weighted by atomic mass is 19.1. The molecule has 0 radical (unpaired) electrons. The van der Waals surface area contributed by atoms with Gasteiger partial charge in [-0.3, -0.25) is 0 Å². The smallest absolute Gasteiger partial charge is 0.187 e. The summed E-state index contributed by atoms with van der Waals surface area (Å²) in [5, 5.41) is 12.1. The van der Waals surface area contributed by atoms with Crippen LogP contribution in [0, 0.1) is 11.6 Å². The van der Waals surface area contributed by atoms with Crippen LogP contribution < -0.4 is 5.32 Å². The summed E-state index contributed by atoms with van der Waals surface area (Å²) in [7, 11) is 0. The molecule has 0 amide bonds. The van der Waals surface area contributed by atoms with E-state index in [1.54, 1.807) is 0 Å². The van der Waals surface area contributed by atoms with Gasteiger partial charge in [0.25, 0.3) is 0 Å². The van der Waals surface area contributed by atoms with Crippen LogP contribution >= 0.6 is 0 Å². The molecular formula is C11H13F2NO2. The lowest BCUT2D eigenvalue weighted by molar-refractivity contribution is 0.190. The Hall–Kier alpha value is -1.20. The zero-order valence-electron chi connectivity index (χ0n) is 8.67. The molecule has 0 aliphatic carbocycles. The second-order valence-corrected chi connectivity index (χ2v) is 3.85. The molecule has 88 valence electrons. The molecule has 5 heteroatoms. The lowest BCUT2D eigenvalue weighted by Gasteiger charge is -2.10. The van der Waals surface area contributed by atoms with E-state index in [1.165, 1.54) is 0 Å². The Morgan fingerprint density at radius 2 is 2.06 bits per heavy atom. The average Bonchev–Trinajstić information content (AvgIpc) is 2.75. The highest BCUT2D eigenvalue weighted by Gasteiger charge is 2.15. The van der Waals surface area contributed by atoms with Crippen molar-refractivity contribution in [2.24, 2.45) is 0 Å². The third kappa shape index (κ3) is 2.48. The molecule has 1 aliphatic heterocycles. The minimum absolute atomic E-state index is 0.236.